The van der Waals surface area contributed by atoms with Gasteiger partial charge in [0.2, 0.25) is 5.91 Å². The molecule has 0 fully saturated rings. The van der Waals surface area contributed by atoms with Gasteiger partial charge in [-0.05, 0) is 25.5 Å². The fourth-order valence-electron chi connectivity index (χ4n) is 1.73. The number of carbonyl (C=O) groups is 1. The van der Waals surface area contributed by atoms with Crippen molar-refractivity contribution in [3.63, 3.8) is 0 Å². The minimum Gasteiger partial charge on any atom is -0.490 e. The Morgan fingerprint density at radius 1 is 1.52 bits per heavy atom. The van der Waals surface area contributed by atoms with Crippen molar-refractivity contribution in [1.29, 1.82) is 0 Å². The van der Waals surface area contributed by atoms with Crippen LogP contribution in [0, 0.1) is 0 Å². The Balaban J connectivity index is 2.15. The van der Waals surface area contributed by atoms with E-state index in [1.807, 2.05) is 6.92 Å². The number of ether oxygens (including phenoxy) is 1. The summed E-state index contributed by atoms with van der Waals surface area (Å²) in [6.07, 6.45) is 3.74. The smallest absolute Gasteiger partial charge is 0.249 e. The third kappa shape index (κ3) is 3.72. The summed E-state index contributed by atoms with van der Waals surface area (Å²) >= 11 is 6.12. The Labute approximate surface area is 128 Å². The quantitative estimate of drug-likeness (QED) is 0.891. The number of halogens is 1. The van der Waals surface area contributed by atoms with Gasteiger partial charge in [0.05, 0.1) is 17.3 Å². The Morgan fingerprint density at radius 2 is 2.33 bits per heavy atom. The highest BCUT2D eigenvalue weighted by atomic mass is 35.5. The van der Waals surface area contributed by atoms with E-state index in [2.05, 4.69) is 15.4 Å². The lowest BCUT2D eigenvalue weighted by molar-refractivity contribution is -0.119. The number of amides is 1. The highest BCUT2D eigenvalue weighted by molar-refractivity contribution is 6.32. The van der Waals surface area contributed by atoms with Crippen molar-refractivity contribution in [1.82, 2.24) is 14.8 Å². The zero-order valence-corrected chi connectivity index (χ0v) is 12.7. The van der Waals surface area contributed by atoms with E-state index in [1.165, 1.54) is 17.3 Å². The van der Waals surface area contributed by atoms with Gasteiger partial charge in [0.25, 0.3) is 0 Å². The first kappa shape index (κ1) is 15.3. The first-order chi connectivity index (χ1) is 10.1. The highest BCUT2D eigenvalue weighted by Crippen LogP contribution is 2.33. The van der Waals surface area contributed by atoms with Crippen LogP contribution in [-0.2, 0) is 4.79 Å². The second kappa shape index (κ2) is 7.08. The molecule has 1 atom stereocenters. The molecule has 2 aromatic rings. The highest BCUT2D eigenvalue weighted by Gasteiger charge is 2.18. The Hall–Kier alpha value is -2.08. The number of nitrogens with one attached hydrogen (secondary N) is 1. The fraction of sp³-hybridized carbons (Fsp3) is 0.357. The second-order valence-electron chi connectivity index (χ2n) is 4.51. The van der Waals surface area contributed by atoms with Gasteiger partial charge in [0.1, 0.15) is 18.7 Å². The maximum Gasteiger partial charge on any atom is 0.249 e. The van der Waals surface area contributed by atoms with Crippen LogP contribution in [-0.4, -0.2) is 27.3 Å². The van der Waals surface area contributed by atoms with Gasteiger partial charge in [0, 0.05) is 0 Å². The van der Waals surface area contributed by atoms with Crippen LogP contribution in [0.3, 0.4) is 0 Å². The Bertz CT molecular complexity index is 601. The molecule has 21 heavy (non-hydrogen) atoms. The number of nitrogens with zero attached hydrogens (tertiary/aromatic N) is 3. The summed E-state index contributed by atoms with van der Waals surface area (Å²) in [5.41, 5.74) is 0.549. The minimum absolute atomic E-state index is 0.218. The fourth-order valence-corrected chi connectivity index (χ4v) is 1.96. The van der Waals surface area contributed by atoms with E-state index in [1.54, 1.807) is 25.1 Å². The summed E-state index contributed by atoms with van der Waals surface area (Å²) in [6, 6.07) is 4.76. The van der Waals surface area contributed by atoms with Crippen LogP contribution < -0.4 is 10.1 Å². The van der Waals surface area contributed by atoms with Crippen LogP contribution >= 0.6 is 11.6 Å². The standard InChI is InChI=1S/C14H17ClN4O2/c1-3-7-21-13-11(15)5-4-6-12(13)18-14(20)10(2)19-9-16-8-17-19/h4-6,8-10H,3,7H2,1-2H3,(H,18,20). The molecule has 0 spiro atoms. The van der Waals surface area contributed by atoms with Gasteiger partial charge in [-0.3, -0.25) is 4.79 Å². The van der Waals surface area contributed by atoms with Crippen molar-refractivity contribution < 1.29 is 9.53 Å². The molecule has 1 aromatic heterocycles. The van der Waals surface area contributed by atoms with Gasteiger partial charge < -0.3 is 10.1 Å². The monoisotopic (exact) mass is 308 g/mol. The van der Waals surface area contributed by atoms with Crippen LogP contribution in [0.25, 0.3) is 0 Å². The summed E-state index contributed by atoms with van der Waals surface area (Å²) in [5.74, 6) is 0.268. The number of rotatable bonds is 6. The number of hydrogen-bond acceptors (Lipinski definition) is 4. The third-order valence-corrected chi connectivity index (χ3v) is 3.19. The van der Waals surface area contributed by atoms with Crippen molar-refractivity contribution in [3.05, 3.63) is 35.9 Å². The summed E-state index contributed by atoms with van der Waals surface area (Å²) in [7, 11) is 0. The minimum atomic E-state index is -0.481. The second-order valence-corrected chi connectivity index (χ2v) is 4.91. The summed E-state index contributed by atoms with van der Waals surface area (Å²) in [6.45, 7) is 4.27. The molecule has 1 amide bonds. The lowest BCUT2D eigenvalue weighted by Crippen LogP contribution is -2.24. The Kier molecular flexibility index (Phi) is 5.16. The van der Waals surface area contributed by atoms with Crippen molar-refractivity contribution in [2.45, 2.75) is 26.3 Å². The average molecular weight is 309 g/mol. The maximum absolute atomic E-state index is 12.2. The topological polar surface area (TPSA) is 69.0 Å². The van der Waals surface area contributed by atoms with Crippen molar-refractivity contribution in [2.75, 3.05) is 11.9 Å². The van der Waals surface area contributed by atoms with Crippen LogP contribution in [0.1, 0.15) is 26.3 Å². The van der Waals surface area contributed by atoms with E-state index >= 15 is 0 Å². The summed E-state index contributed by atoms with van der Waals surface area (Å²) < 4.78 is 7.09. The SMILES string of the molecule is CCCOc1c(Cl)cccc1NC(=O)C(C)n1cncn1. The number of carbonyl (C=O) groups excluding carboxylic acids is 1. The van der Waals surface area contributed by atoms with Crippen molar-refractivity contribution in [2.24, 2.45) is 0 Å². The van der Waals surface area contributed by atoms with E-state index in [0.717, 1.165) is 6.42 Å². The molecule has 112 valence electrons. The third-order valence-electron chi connectivity index (χ3n) is 2.89. The number of para-hydroxylation sites is 1. The van der Waals surface area contributed by atoms with Crippen molar-refractivity contribution >= 4 is 23.2 Å². The van der Waals surface area contributed by atoms with E-state index < -0.39 is 6.04 Å². The van der Waals surface area contributed by atoms with Gasteiger partial charge in [-0.25, -0.2) is 9.67 Å². The Morgan fingerprint density at radius 3 is 3.00 bits per heavy atom. The molecule has 1 unspecified atom stereocenters. The number of aromatic nitrogens is 3. The van der Waals surface area contributed by atoms with Gasteiger partial charge >= 0.3 is 0 Å². The molecule has 0 radical (unpaired) electrons. The van der Waals surface area contributed by atoms with Gasteiger partial charge in [-0.15, -0.1) is 0 Å². The van der Waals surface area contributed by atoms with Crippen LogP contribution in [0.2, 0.25) is 5.02 Å². The molecule has 0 saturated carbocycles. The molecule has 0 aliphatic carbocycles. The molecule has 0 bridgehead atoms. The predicted molar refractivity (Wildman–Crippen MR) is 80.6 cm³/mol. The molecule has 2 rings (SSSR count). The van der Waals surface area contributed by atoms with Gasteiger partial charge in [-0.2, -0.15) is 5.10 Å². The number of hydrogen-bond donors (Lipinski definition) is 1. The van der Waals surface area contributed by atoms with Crippen LogP contribution in [0.15, 0.2) is 30.9 Å². The molecule has 1 heterocycles. The summed E-state index contributed by atoms with van der Waals surface area (Å²) in [4.78, 5) is 16.1. The number of anilines is 1. The molecule has 7 heteroatoms. The first-order valence-electron chi connectivity index (χ1n) is 6.69. The van der Waals surface area contributed by atoms with E-state index in [0.29, 0.717) is 23.1 Å². The van der Waals surface area contributed by atoms with Crippen LogP contribution in [0.4, 0.5) is 5.69 Å². The normalized spacial score (nSPS) is 12.0. The summed E-state index contributed by atoms with van der Waals surface area (Å²) in [5, 5.41) is 7.23. The lowest BCUT2D eigenvalue weighted by atomic mass is 10.2. The molecule has 0 saturated heterocycles. The molecular formula is C14H17ClN4O2. The molecule has 1 aromatic carbocycles. The average Bonchev–Trinajstić information content (AvgIpc) is 3.00. The van der Waals surface area contributed by atoms with Crippen molar-refractivity contribution in [3.8, 4) is 5.75 Å². The van der Waals surface area contributed by atoms with Gasteiger partial charge in [-0.1, -0.05) is 24.6 Å². The van der Waals surface area contributed by atoms with E-state index in [9.17, 15) is 4.79 Å². The molecule has 0 aliphatic heterocycles. The molecular weight excluding hydrogens is 292 g/mol. The number of benzene rings is 1. The molecule has 0 aliphatic rings. The van der Waals surface area contributed by atoms with Gasteiger partial charge in [0.15, 0.2) is 5.75 Å². The van der Waals surface area contributed by atoms with Crippen LogP contribution in [0.5, 0.6) is 5.75 Å². The van der Waals surface area contributed by atoms with E-state index in [4.69, 9.17) is 16.3 Å². The van der Waals surface area contributed by atoms with E-state index in [-0.39, 0.29) is 5.91 Å². The first-order valence-corrected chi connectivity index (χ1v) is 7.07. The predicted octanol–water partition coefficient (Wildman–Crippen LogP) is 2.92. The largest absolute Gasteiger partial charge is 0.490 e. The molecule has 1 N–H and O–H groups in total. The lowest BCUT2D eigenvalue weighted by Gasteiger charge is -2.16. The zero-order valence-electron chi connectivity index (χ0n) is 11.9. The molecule has 6 nitrogen and oxygen atoms in total. The zero-order chi connectivity index (χ0) is 15.2. The maximum atomic E-state index is 12.2.